The van der Waals surface area contributed by atoms with Crippen molar-refractivity contribution >= 4 is 17.5 Å². The Kier molecular flexibility index (Phi) is 4.12. The van der Waals surface area contributed by atoms with E-state index in [1.54, 1.807) is 12.1 Å². The maximum absolute atomic E-state index is 11.6. The molecule has 0 aliphatic rings. The van der Waals surface area contributed by atoms with Gasteiger partial charge in [-0.2, -0.15) is 0 Å². The van der Waals surface area contributed by atoms with Crippen LogP contribution >= 0.6 is 11.6 Å². The van der Waals surface area contributed by atoms with Crippen LogP contribution in [0.4, 0.5) is 0 Å². The van der Waals surface area contributed by atoms with E-state index < -0.39 is 0 Å². The van der Waals surface area contributed by atoms with Gasteiger partial charge in [-0.3, -0.25) is 9.59 Å². The van der Waals surface area contributed by atoms with Gasteiger partial charge in [-0.15, -0.1) is 11.6 Å². The Balaban J connectivity index is 2.63. The smallest absolute Gasteiger partial charge is 0.267 e. The highest BCUT2D eigenvalue weighted by atomic mass is 35.5. The van der Waals surface area contributed by atoms with Crippen molar-refractivity contribution in [3.63, 3.8) is 0 Å². The van der Waals surface area contributed by atoms with Crippen LogP contribution in [0.5, 0.6) is 0 Å². The number of nitrogens with one attached hydrogen (secondary N) is 2. The first kappa shape index (κ1) is 12.8. The molecule has 0 bridgehead atoms. The average Bonchev–Trinajstić information content (AvgIpc) is 2.26. The highest BCUT2D eigenvalue weighted by Crippen LogP contribution is 2.15. The predicted molar refractivity (Wildman–Crippen MR) is 63.9 cm³/mol. The summed E-state index contributed by atoms with van der Waals surface area (Å²) in [5.74, 6) is 0.161. The summed E-state index contributed by atoms with van der Waals surface area (Å²) in [6.45, 7) is 4.37. The summed E-state index contributed by atoms with van der Waals surface area (Å²) in [5, 5.41) is 2.72. The molecule has 88 valence electrons. The predicted octanol–water partition coefficient (Wildman–Crippen LogP) is 1.37. The molecule has 0 aromatic carbocycles. The largest absolute Gasteiger partial charge is 0.350 e. The molecule has 0 saturated heterocycles. The number of carbonyl (C=O) groups is 1. The minimum Gasteiger partial charge on any atom is -0.350 e. The molecule has 16 heavy (non-hydrogen) atoms. The minimum atomic E-state index is -0.295. The van der Waals surface area contributed by atoms with Crippen LogP contribution in [0, 0.1) is 5.41 Å². The number of H-pyrrole nitrogens is 1. The van der Waals surface area contributed by atoms with E-state index >= 15 is 0 Å². The molecule has 0 fully saturated rings. The van der Waals surface area contributed by atoms with Crippen molar-refractivity contribution < 1.29 is 4.79 Å². The van der Waals surface area contributed by atoms with E-state index in [9.17, 15) is 9.59 Å². The fraction of sp³-hybridized carbons (Fsp3) is 0.455. The first-order valence-corrected chi connectivity index (χ1v) is 5.51. The number of pyridine rings is 1. The summed E-state index contributed by atoms with van der Waals surface area (Å²) < 4.78 is 0. The zero-order valence-electron chi connectivity index (χ0n) is 9.34. The van der Waals surface area contributed by atoms with Gasteiger partial charge in [0.2, 0.25) is 5.56 Å². The molecule has 1 heterocycles. The van der Waals surface area contributed by atoms with Gasteiger partial charge in [0.15, 0.2) is 0 Å². The number of aromatic amines is 1. The standard InChI is InChI=1S/C11H15ClN2O2/c1-11(2,6-12)7-13-10(16)8-4-3-5-9(15)14-8/h3-5H,6-7H2,1-2H3,(H,13,16)(H,14,15). The highest BCUT2D eigenvalue weighted by Gasteiger charge is 2.17. The van der Waals surface area contributed by atoms with Crippen LogP contribution in [0.3, 0.4) is 0 Å². The van der Waals surface area contributed by atoms with Crippen molar-refractivity contribution in [1.29, 1.82) is 0 Å². The topological polar surface area (TPSA) is 62.0 Å². The second-order valence-electron chi connectivity index (χ2n) is 4.41. The number of amides is 1. The molecule has 0 spiro atoms. The van der Waals surface area contributed by atoms with E-state index in [4.69, 9.17) is 11.6 Å². The number of alkyl halides is 1. The van der Waals surface area contributed by atoms with Crippen molar-refractivity contribution in [2.75, 3.05) is 12.4 Å². The van der Waals surface area contributed by atoms with Crippen molar-refractivity contribution in [3.8, 4) is 0 Å². The van der Waals surface area contributed by atoms with Gasteiger partial charge in [-0.25, -0.2) is 0 Å². The highest BCUT2D eigenvalue weighted by molar-refractivity contribution is 6.18. The number of hydrogen-bond acceptors (Lipinski definition) is 2. The van der Waals surface area contributed by atoms with Gasteiger partial charge < -0.3 is 10.3 Å². The molecule has 1 aromatic rings. The summed E-state index contributed by atoms with van der Waals surface area (Å²) >= 11 is 5.74. The van der Waals surface area contributed by atoms with Crippen molar-refractivity contribution in [2.45, 2.75) is 13.8 Å². The van der Waals surface area contributed by atoms with Crippen LogP contribution < -0.4 is 10.9 Å². The van der Waals surface area contributed by atoms with E-state index in [0.717, 1.165) is 0 Å². The first-order valence-electron chi connectivity index (χ1n) is 4.98. The zero-order chi connectivity index (χ0) is 12.2. The number of hydrogen-bond donors (Lipinski definition) is 2. The third kappa shape index (κ3) is 3.70. The lowest BCUT2D eigenvalue weighted by Gasteiger charge is -2.21. The lowest BCUT2D eigenvalue weighted by molar-refractivity contribution is 0.0934. The third-order valence-corrected chi connectivity index (χ3v) is 2.83. The van der Waals surface area contributed by atoms with Gasteiger partial charge in [0, 0.05) is 18.5 Å². The van der Waals surface area contributed by atoms with Gasteiger partial charge >= 0.3 is 0 Å². The number of carbonyl (C=O) groups excluding carboxylic acids is 1. The fourth-order valence-electron chi connectivity index (χ4n) is 1.04. The number of rotatable bonds is 4. The number of halogens is 1. The van der Waals surface area contributed by atoms with Gasteiger partial charge in [-0.1, -0.05) is 19.9 Å². The maximum atomic E-state index is 11.6. The molecule has 0 radical (unpaired) electrons. The Labute approximate surface area is 99.0 Å². The summed E-state index contributed by atoms with van der Waals surface area (Å²) in [7, 11) is 0. The SMILES string of the molecule is CC(C)(CCl)CNC(=O)c1cccc(=O)[nH]1. The Bertz CT molecular complexity index is 426. The normalized spacial score (nSPS) is 11.2. The summed E-state index contributed by atoms with van der Waals surface area (Å²) in [5.41, 5.74) is -0.186. The molecule has 5 heteroatoms. The van der Waals surface area contributed by atoms with E-state index in [-0.39, 0.29) is 22.6 Å². The Morgan fingerprint density at radius 3 is 2.75 bits per heavy atom. The molecule has 4 nitrogen and oxygen atoms in total. The molecule has 0 saturated carbocycles. The molecule has 1 amide bonds. The summed E-state index contributed by atoms with van der Waals surface area (Å²) in [6.07, 6.45) is 0. The molecular weight excluding hydrogens is 228 g/mol. The lowest BCUT2D eigenvalue weighted by atomic mass is 9.96. The Morgan fingerprint density at radius 2 is 2.19 bits per heavy atom. The van der Waals surface area contributed by atoms with Crippen LogP contribution in [0.2, 0.25) is 0 Å². The minimum absolute atomic E-state index is 0.160. The second-order valence-corrected chi connectivity index (χ2v) is 4.68. The van der Waals surface area contributed by atoms with E-state index in [1.807, 2.05) is 13.8 Å². The van der Waals surface area contributed by atoms with Crippen LogP contribution in [-0.4, -0.2) is 23.3 Å². The molecule has 0 aliphatic carbocycles. The van der Waals surface area contributed by atoms with Crippen molar-refractivity contribution in [1.82, 2.24) is 10.3 Å². The zero-order valence-corrected chi connectivity index (χ0v) is 10.1. The molecule has 0 atom stereocenters. The average molecular weight is 243 g/mol. The van der Waals surface area contributed by atoms with Crippen molar-refractivity contribution in [3.05, 3.63) is 34.2 Å². The van der Waals surface area contributed by atoms with Crippen molar-refractivity contribution in [2.24, 2.45) is 5.41 Å². The fourth-order valence-corrected chi connectivity index (χ4v) is 1.14. The Hall–Kier alpha value is -1.29. The quantitative estimate of drug-likeness (QED) is 0.784. The molecular formula is C11H15ClN2O2. The third-order valence-electron chi connectivity index (χ3n) is 2.10. The van der Waals surface area contributed by atoms with Crippen LogP contribution in [0.15, 0.2) is 23.0 Å². The van der Waals surface area contributed by atoms with E-state index in [0.29, 0.717) is 12.4 Å². The molecule has 1 aromatic heterocycles. The van der Waals surface area contributed by atoms with Gasteiger partial charge in [0.05, 0.1) is 0 Å². The summed E-state index contributed by atoms with van der Waals surface area (Å²) in [6, 6.07) is 4.46. The Morgan fingerprint density at radius 1 is 1.50 bits per heavy atom. The molecule has 0 unspecified atom stereocenters. The molecule has 2 N–H and O–H groups in total. The maximum Gasteiger partial charge on any atom is 0.267 e. The van der Waals surface area contributed by atoms with Crippen LogP contribution in [-0.2, 0) is 0 Å². The monoisotopic (exact) mass is 242 g/mol. The van der Waals surface area contributed by atoms with Crippen LogP contribution in [0.25, 0.3) is 0 Å². The first-order chi connectivity index (χ1) is 7.44. The summed E-state index contributed by atoms with van der Waals surface area (Å²) in [4.78, 5) is 25.1. The van der Waals surface area contributed by atoms with Gasteiger partial charge in [-0.05, 0) is 11.5 Å². The van der Waals surface area contributed by atoms with E-state index in [2.05, 4.69) is 10.3 Å². The lowest BCUT2D eigenvalue weighted by Crippen LogP contribution is -2.35. The molecule has 1 rings (SSSR count). The van der Waals surface area contributed by atoms with Gasteiger partial charge in [0.25, 0.3) is 5.91 Å². The van der Waals surface area contributed by atoms with Gasteiger partial charge in [0.1, 0.15) is 5.69 Å². The van der Waals surface area contributed by atoms with Crippen LogP contribution in [0.1, 0.15) is 24.3 Å². The second kappa shape index (κ2) is 5.16. The molecule has 0 aliphatic heterocycles. The number of aromatic nitrogens is 1. The van der Waals surface area contributed by atoms with E-state index in [1.165, 1.54) is 6.07 Å².